The molecule has 0 saturated carbocycles. The second kappa shape index (κ2) is 6.42. The number of methoxy groups -OCH3 is 1. The van der Waals surface area contributed by atoms with Gasteiger partial charge in [-0.2, -0.15) is 0 Å². The summed E-state index contributed by atoms with van der Waals surface area (Å²) in [5.74, 6) is 0. The normalized spacial score (nSPS) is 13.9. The predicted molar refractivity (Wildman–Crippen MR) is 71.4 cm³/mol. The fraction of sp³-hybridized carbons (Fsp3) is 0.833. The highest BCUT2D eigenvalue weighted by molar-refractivity contribution is 7.11. The molecule has 0 aromatic carbocycles. The molecule has 0 fully saturated rings. The van der Waals surface area contributed by atoms with Gasteiger partial charge in [0.2, 0.25) is 0 Å². The molecule has 0 saturated heterocycles. The second-order valence-corrected chi connectivity index (χ2v) is 5.94. The van der Waals surface area contributed by atoms with E-state index in [2.05, 4.69) is 43.2 Å². The Balaban J connectivity index is 2.58. The molecular formula is C12H23N3OS. The van der Waals surface area contributed by atoms with Crippen molar-refractivity contribution in [3.63, 3.8) is 0 Å². The fourth-order valence-corrected chi connectivity index (χ4v) is 2.48. The van der Waals surface area contributed by atoms with E-state index in [1.165, 1.54) is 0 Å². The van der Waals surface area contributed by atoms with Crippen molar-refractivity contribution in [3.05, 3.63) is 10.0 Å². The summed E-state index contributed by atoms with van der Waals surface area (Å²) in [5.41, 5.74) is -0.170. The van der Waals surface area contributed by atoms with Crippen molar-refractivity contribution in [3.8, 4) is 0 Å². The molecule has 1 aromatic rings. The van der Waals surface area contributed by atoms with Crippen molar-refractivity contribution >= 4 is 11.3 Å². The molecule has 4 nitrogen and oxygen atoms in total. The first kappa shape index (κ1) is 14.5. The summed E-state index contributed by atoms with van der Waals surface area (Å²) in [6.45, 7) is 9.42. The molecule has 1 heterocycles. The number of hydrogen-bond donors (Lipinski definition) is 1. The number of rotatable bonds is 7. The van der Waals surface area contributed by atoms with Gasteiger partial charge >= 0.3 is 0 Å². The minimum absolute atomic E-state index is 0.170. The molecular weight excluding hydrogens is 234 g/mol. The molecule has 1 rings (SSSR count). The van der Waals surface area contributed by atoms with Crippen LogP contribution in [0.2, 0.25) is 0 Å². The molecule has 0 aliphatic heterocycles. The summed E-state index contributed by atoms with van der Waals surface area (Å²) < 4.78 is 5.40. The number of hydrogen-bond acceptors (Lipinski definition) is 5. The lowest BCUT2D eigenvalue weighted by atomic mass is 10.1. The Morgan fingerprint density at radius 3 is 2.71 bits per heavy atom. The van der Waals surface area contributed by atoms with Gasteiger partial charge in [0.15, 0.2) is 0 Å². The van der Waals surface area contributed by atoms with Crippen LogP contribution in [0.4, 0.5) is 0 Å². The van der Waals surface area contributed by atoms with E-state index >= 15 is 0 Å². The lowest BCUT2D eigenvalue weighted by Gasteiger charge is -2.20. The summed E-state index contributed by atoms with van der Waals surface area (Å²) >= 11 is 1.67. The van der Waals surface area contributed by atoms with E-state index < -0.39 is 0 Å². The summed E-state index contributed by atoms with van der Waals surface area (Å²) in [7, 11) is 1.73. The molecule has 0 amide bonds. The largest absolute Gasteiger partial charge is 0.378 e. The van der Waals surface area contributed by atoms with Crippen LogP contribution in [0.15, 0.2) is 0 Å². The van der Waals surface area contributed by atoms with Crippen molar-refractivity contribution in [1.82, 2.24) is 15.5 Å². The van der Waals surface area contributed by atoms with Crippen LogP contribution in [0.25, 0.3) is 0 Å². The fourth-order valence-electron chi connectivity index (χ4n) is 1.40. The highest BCUT2D eigenvalue weighted by Crippen LogP contribution is 2.22. The Bertz CT molecular complexity index is 338. The van der Waals surface area contributed by atoms with Gasteiger partial charge in [-0.15, -0.1) is 10.2 Å². The van der Waals surface area contributed by atoms with Crippen molar-refractivity contribution in [2.45, 2.75) is 52.2 Å². The van der Waals surface area contributed by atoms with E-state index in [9.17, 15) is 0 Å². The van der Waals surface area contributed by atoms with Crippen molar-refractivity contribution in [2.75, 3.05) is 13.7 Å². The number of ether oxygens (including phenoxy) is 1. The Morgan fingerprint density at radius 2 is 2.12 bits per heavy atom. The first-order valence-electron chi connectivity index (χ1n) is 6.09. The highest BCUT2D eigenvalue weighted by atomic mass is 32.1. The molecule has 0 aliphatic carbocycles. The SMILES string of the molecule is CCCNC(C)c1nnc(CC(C)(C)OC)s1. The molecule has 0 radical (unpaired) electrons. The lowest BCUT2D eigenvalue weighted by Crippen LogP contribution is -2.25. The Kier molecular flexibility index (Phi) is 5.49. The number of aromatic nitrogens is 2. The van der Waals surface area contributed by atoms with E-state index in [1.54, 1.807) is 18.4 Å². The van der Waals surface area contributed by atoms with E-state index in [0.29, 0.717) is 0 Å². The lowest BCUT2D eigenvalue weighted by molar-refractivity contribution is 0.0230. The maximum absolute atomic E-state index is 5.40. The summed E-state index contributed by atoms with van der Waals surface area (Å²) in [6.07, 6.45) is 1.94. The van der Waals surface area contributed by atoms with Gasteiger partial charge in [0.1, 0.15) is 10.0 Å². The van der Waals surface area contributed by atoms with Gasteiger partial charge in [0.25, 0.3) is 0 Å². The van der Waals surface area contributed by atoms with E-state index in [0.717, 1.165) is 29.4 Å². The van der Waals surface area contributed by atoms with Crippen LogP contribution in [0.1, 0.15) is 50.2 Å². The Labute approximate surface area is 108 Å². The molecule has 5 heteroatoms. The average molecular weight is 257 g/mol. The zero-order valence-corrected chi connectivity index (χ0v) is 12.2. The quantitative estimate of drug-likeness (QED) is 0.815. The summed E-state index contributed by atoms with van der Waals surface area (Å²) in [4.78, 5) is 0. The molecule has 1 unspecified atom stereocenters. The van der Waals surface area contributed by atoms with Crippen LogP contribution in [-0.4, -0.2) is 29.5 Å². The monoisotopic (exact) mass is 257 g/mol. The third-order valence-corrected chi connectivity index (χ3v) is 3.79. The smallest absolute Gasteiger partial charge is 0.134 e. The maximum Gasteiger partial charge on any atom is 0.134 e. The zero-order valence-electron chi connectivity index (χ0n) is 11.4. The maximum atomic E-state index is 5.40. The molecule has 0 aliphatic rings. The Morgan fingerprint density at radius 1 is 1.41 bits per heavy atom. The second-order valence-electron chi connectivity index (χ2n) is 4.85. The van der Waals surface area contributed by atoms with Crippen LogP contribution < -0.4 is 5.32 Å². The van der Waals surface area contributed by atoms with Crippen molar-refractivity contribution < 1.29 is 4.74 Å². The van der Waals surface area contributed by atoms with Crippen LogP contribution in [-0.2, 0) is 11.2 Å². The number of nitrogens with one attached hydrogen (secondary N) is 1. The van der Waals surface area contributed by atoms with Gasteiger partial charge in [-0.3, -0.25) is 0 Å². The standard InChI is InChI=1S/C12H23N3OS/c1-6-7-13-9(2)11-15-14-10(17-11)8-12(3,4)16-5/h9,13H,6-8H2,1-5H3. The van der Waals surface area contributed by atoms with Crippen LogP contribution in [0.3, 0.4) is 0 Å². The van der Waals surface area contributed by atoms with E-state index in [4.69, 9.17) is 4.74 Å². The van der Waals surface area contributed by atoms with Gasteiger partial charge in [-0.25, -0.2) is 0 Å². The average Bonchev–Trinajstić information content (AvgIpc) is 2.73. The summed E-state index contributed by atoms with van der Waals surface area (Å²) in [5, 5.41) is 14.0. The van der Waals surface area contributed by atoms with Crippen LogP contribution in [0.5, 0.6) is 0 Å². The van der Waals surface area contributed by atoms with Gasteiger partial charge in [-0.1, -0.05) is 18.3 Å². The minimum atomic E-state index is -0.170. The van der Waals surface area contributed by atoms with Crippen LogP contribution in [0, 0.1) is 0 Å². The molecule has 98 valence electrons. The van der Waals surface area contributed by atoms with E-state index in [1.807, 2.05) is 0 Å². The number of nitrogens with zero attached hydrogens (tertiary/aromatic N) is 2. The van der Waals surface area contributed by atoms with Gasteiger partial charge in [0.05, 0.1) is 11.6 Å². The molecule has 1 N–H and O–H groups in total. The van der Waals surface area contributed by atoms with Crippen LogP contribution >= 0.6 is 11.3 Å². The molecule has 17 heavy (non-hydrogen) atoms. The predicted octanol–water partition coefficient (Wildman–Crippen LogP) is 2.57. The summed E-state index contributed by atoms with van der Waals surface area (Å²) in [6, 6.07) is 0.284. The first-order valence-corrected chi connectivity index (χ1v) is 6.91. The minimum Gasteiger partial charge on any atom is -0.378 e. The molecule has 0 bridgehead atoms. The third kappa shape index (κ3) is 4.69. The first-order chi connectivity index (χ1) is 7.98. The Hall–Kier alpha value is -0.520. The van der Waals surface area contributed by atoms with Gasteiger partial charge < -0.3 is 10.1 Å². The van der Waals surface area contributed by atoms with Gasteiger partial charge in [-0.05, 0) is 33.7 Å². The third-order valence-electron chi connectivity index (χ3n) is 2.68. The topological polar surface area (TPSA) is 47.0 Å². The highest BCUT2D eigenvalue weighted by Gasteiger charge is 2.20. The van der Waals surface area contributed by atoms with Crippen molar-refractivity contribution in [2.24, 2.45) is 0 Å². The van der Waals surface area contributed by atoms with Crippen molar-refractivity contribution in [1.29, 1.82) is 0 Å². The molecule has 1 atom stereocenters. The zero-order chi connectivity index (χ0) is 12.9. The molecule has 0 spiro atoms. The van der Waals surface area contributed by atoms with E-state index in [-0.39, 0.29) is 11.6 Å². The molecule has 1 aromatic heterocycles. The van der Waals surface area contributed by atoms with Gasteiger partial charge in [0, 0.05) is 13.5 Å².